The number of rotatable bonds is 5. The van der Waals surface area contributed by atoms with E-state index in [2.05, 4.69) is 30.9 Å². The molecule has 1 aliphatic rings. The number of nitrogens with zero attached hydrogens (tertiary/aromatic N) is 4. The molecule has 25 heavy (non-hydrogen) atoms. The maximum absolute atomic E-state index is 11.7. The number of imidazole rings is 1. The summed E-state index contributed by atoms with van der Waals surface area (Å²) in [5.41, 5.74) is 7.25. The highest BCUT2D eigenvalue weighted by Crippen LogP contribution is 2.40. The van der Waals surface area contributed by atoms with E-state index in [0.29, 0.717) is 28.3 Å². The molecule has 1 amide bonds. The van der Waals surface area contributed by atoms with Gasteiger partial charge in [0, 0.05) is 0 Å². The second-order valence-corrected chi connectivity index (χ2v) is 7.10. The van der Waals surface area contributed by atoms with E-state index in [4.69, 9.17) is 10.5 Å². The average Bonchev–Trinajstić information content (AvgIpc) is 3.23. The van der Waals surface area contributed by atoms with Crippen molar-refractivity contribution in [3.05, 3.63) is 46.5 Å². The van der Waals surface area contributed by atoms with Crippen LogP contribution in [0, 0.1) is 0 Å². The van der Waals surface area contributed by atoms with Crippen molar-refractivity contribution in [1.82, 2.24) is 19.5 Å². The number of ether oxygens (including phenoxy) is 1. The van der Waals surface area contributed by atoms with Gasteiger partial charge in [-0.2, -0.15) is 4.98 Å². The first-order valence-electron chi connectivity index (χ1n) is 7.92. The molecule has 128 valence electrons. The molecule has 0 spiro atoms. The van der Waals surface area contributed by atoms with E-state index in [0.717, 1.165) is 18.4 Å². The van der Waals surface area contributed by atoms with Crippen LogP contribution < -0.4 is 10.5 Å². The topological polar surface area (TPSA) is 95.9 Å². The smallest absolute Gasteiger partial charge is 0.286 e. The van der Waals surface area contributed by atoms with Gasteiger partial charge in [0.15, 0.2) is 15.9 Å². The number of halogens is 1. The number of hydrogen-bond acceptors (Lipinski definition) is 5. The van der Waals surface area contributed by atoms with Crippen molar-refractivity contribution in [3.63, 3.8) is 0 Å². The third kappa shape index (κ3) is 3.09. The highest BCUT2D eigenvalue weighted by Gasteiger charge is 2.41. The molecule has 0 bridgehead atoms. The summed E-state index contributed by atoms with van der Waals surface area (Å²) in [6.07, 6.45) is 1.88. The van der Waals surface area contributed by atoms with Gasteiger partial charge < -0.3 is 10.5 Å². The SMILES string of the molecule is CC1(Oc2nc(C(N)=O)nc3c2nc(Br)n3Cc2ccccc2)CC1. The van der Waals surface area contributed by atoms with Crippen molar-refractivity contribution >= 4 is 33.0 Å². The molecule has 1 aliphatic carbocycles. The number of amides is 1. The maximum Gasteiger partial charge on any atom is 0.286 e. The van der Waals surface area contributed by atoms with Crippen LogP contribution in [0.1, 0.15) is 35.9 Å². The standard InChI is InChI=1S/C17H16BrN5O2/c1-17(7-8-17)25-15-11-14(21-13(22-15)12(19)24)23(16(18)20-11)9-10-5-3-2-4-6-10/h2-6H,7-9H2,1H3,(H2,19,24). The summed E-state index contributed by atoms with van der Waals surface area (Å²) < 4.78 is 8.43. The number of carbonyl (C=O) groups is 1. The van der Waals surface area contributed by atoms with E-state index in [9.17, 15) is 4.79 Å². The second kappa shape index (κ2) is 5.80. The molecule has 0 unspecified atom stereocenters. The first-order valence-corrected chi connectivity index (χ1v) is 8.71. The molecule has 0 radical (unpaired) electrons. The third-order valence-corrected chi connectivity index (χ3v) is 4.82. The van der Waals surface area contributed by atoms with Gasteiger partial charge in [0.1, 0.15) is 5.60 Å². The van der Waals surface area contributed by atoms with Gasteiger partial charge >= 0.3 is 0 Å². The number of carbonyl (C=O) groups excluding carboxylic acids is 1. The number of primary amides is 1. The van der Waals surface area contributed by atoms with Crippen LogP contribution in [-0.4, -0.2) is 31.0 Å². The molecule has 0 saturated heterocycles. The van der Waals surface area contributed by atoms with Crippen LogP contribution in [0.3, 0.4) is 0 Å². The summed E-state index contributed by atoms with van der Waals surface area (Å²) in [5, 5.41) is 0. The van der Waals surface area contributed by atoms with Crippen LogP contribution in [0.4, 0.5) is 0 Å². The summed E-state index contributed by atoms with van der Waals surface area (Å²) in [6, 6.07) is 9.91. The summed E-state index contributed by atoms with van der Waals surface area (Å²) >= 11 is 3.47. The maximum atomic E-state index is 11.7. The number of aromatic nitrogens is 4. The second-order valence-electron chi connectivity index (χ2n) is 6.39. The van der Waals surface area contributed by atoms with Crippen LogP contribution >= 0.6 is 15.9 Å². The van der Waals surface area contributed by atoms with E-state index in [1.807, 2.05) is 41.8 Å². The summed E-state index contributed by atoms with van der Waals surface area (Å²) in [4.78, 5) is 24.6. The van der Waals surface area contributed by atoms with Crippen molar-refractivity contribution in [2.24, 2.45) is 5.73 Å². The monoisotopic (exact) mass is 401 g/mol. The van der Waals surface area contributed by atoms with Gasteiger partial charge in [0.25, 0.3) is 5.91 Å². The lowest BCUT2D eigenvalue weighted by atomic mass is 10.2. The van der Waals surface area contributed by atoms with Gasteiger partial charge in [-0.3, -0.25) is 9.36 Å². The van der Waals surface area contributed by atoms with Crippen LogP contribution in [0.5, 0.6) is 5.88 Å². The molecule has 2 aromatic heterocycles. The summed E-state index contributed by atoms with van der Waals surface area (Å²) in [7, 11) is 0. The van der Waals surface area contributed by atoms with Gasteiger partial charge in [-0.25, -0.2) is 9.97 Å². The molecule has 3 aromatic rings. The highest BCUT2D eigenvalue weighted by molar-refractivity contribution is 9.10. The quantitative estimate of drug-likeness (QED) is 0.662. The Balaban J connectivity index is 1.86. The van der Waals surface area contributed by atoms with Crippen LogP contribution in [0.25, 0.3) is 11.2 Å². The number of fused-ring (bicyclic) bond motifs is 1. The molecule has 2 heterocycles. The van der Waals surface area contributed by atoms with Gasteiger partial charge in [-0.1, -0.05) is 30.3 Å². The van der Waals surface area contributed by atoms with E-state index in [1.165, 1.54) is 0 Å². The van der Waals surface area contributed by atoms with Crippen molar-refractivity contribution in [3.8, 4) is 5.88 Å². The Hall–Kier alpha value is -2.48. The number of benzene rings is 1. The molecule has 7 nitrogen and oxygen atoms in total. The lowest BCUT2D eigenvalue weighted by Gasteiger charge is -2.12. The lowest BCUT2D eigenvalue weighted by molar-refractivity contribution is 0.0988. The lowest BCUT2D eigenvalue weighted by Crippen LogP contribution is -2.19. The Morgan fingerprint density at radius 2 is 2.00 bits per heavy atom. The van der Waals surface area contributed by atoms with E-state index < -0.39 is 5.91 Å². The van der Waals surface area contributed by atoms with E-state index in [-0.39, 0.29) is 11.4 Å². The Kier molecular flexibility index (Phi) is 3.72. The third-order valence-electron chi connectivity index (χ3n) is 4.22. The van der Waals surface area contributed by atoms with E-state index >= 15 is 0 Å². The van der Waals surface area contributed by atoms with E-state index in [1.54, 1.807) is 0 Å². The van der Waals surface area contributed by atoms with Gasteiger partial charge in [0.05, 0.1) is 6.54 Å². The Morgan fingerprint density at radius 3 is 2.64 bits per heavy atom. The molecule has 1 fully saturated rings. The fourth-order valence-corrected chi connectivity index (χ4v) is 3.02. The van der Waals surface area contributed by atoms with Gasteiger partial charge in [0.2, 0.25) is 11.7 Å². The Bertz CT molecular complexity index is 966. The number of hydrogen-bond donors (Lipinski definition) is 1. The highest BCUT2D eigenvalue weighted by atomic mass is 79.9. The first kappa shape index (κ1) is 16.0. The minimum absolute atomic E-state index is 0.0755. The zero-order valence-corrected chi connectivity index (χ0v) is 15.2. The molecule has 8 heteroatoms. The van der Waals surface area contributed by atoms with Gasteiger partial charge in [-0.15, -0.1) is 0 Å². The summed E-state index contributed by atoms with van der Waals surface area (Å²) in [6.45, 7) is 2.55. The largest absolute Gasteiger partial charge is 0.470 e. The fraction of sp³-hybridized carbons (Fsp3) is 0.294. The normalized spacial score (nSPS) is 15.3. The van der Waals surface area contributed by atoms with Crippen LogP contribution in [0.2, 0.25) is 0 Å². The molecule has 2 N–H and O–H groups in total. The summed E-state index contributed by atoms with van der Waals surface area (Å²) in [5.74, 6) is -0.476. The minimum Gasteiger partial charge on any atom is -0.470 e. The Morgan fingerprint density at radius 1 is 1.28 bits per heavy atom. The molecule has 0 aliphatic heterocycles. The molecular formula is C17H16BrN5O2. The Labute approximate surface area is 152 Å². The zero-order valence-electron chi connectivity index (χ0n) is 13.6. The fourth-order valence-electron chi connectivity index (χ4n) is 2.55. The van der Waals surface area contributed by atoms with Crippen molar-refractivity contribution < 1.29 is 9.53 Å². The van der Waals surface area contributed by atoms with Crippen molar-refractivity contribution in [2.75, 3.05) is 0 Å². The average molecular weight is 402 g/mol. The number of nitrogens with two attached hydrogens (primary N) is 1. The minimum atomic E-state index is -0.698. The molecular weight excluding hydrogens is 386 g/mol. The van der Waals surface area contributed by atoms with Crippen molar-refractivity contribution in [2.45, 2.75) is 31.9 Å². The van der Waals surface area contributed by atoms with Crippen LogP contribution in [0.15, 0.2) is 35.1 Å². The molecule has 4 rings (SSSR count). The molecule has 0 atom stereocenters. The van der Waals surface area contributed by atoms with Gasteiger partial charge in [-0.05, 0) is 41.3 Å². The predicted molar refractivity (Wildman–Crippen MR) is 95.4 cm³/mol. The molecule has 1 saturated carbocycles. The predicted octanol–water partition coefficient (Wildman–Crippen LogP) is 2.67. The zero-order chi connectivity index (χ0) is 17.6. The first-order chi connectivity index (χ1) is 12.0. The van der Waals surface area contributed by atoms with Crippen LogP contribution in [-0.2, 0) is 6.54 Å². The molecule has 1 aromatic carbocycles. The van der Waals surface area contributed by atoms with Crippen molar-refractivity contribution in [1.29, 1.82) is 0 Å².